The summed E-state index contributed by atoms with van der Waals surface area (Å²) >= 11 is 1.77. The fourth-order valence-electron chi connectivity index (χ4n) is 1.89. The molecule has 1 atom stereocenters. The lowest BCUT2D eigenvalue weighted by molar-refractivity contribution is 0.498. The van der Waals surface area contributed by atoms with Crippen LogP contribution in [0.15, 0.2) is 41.6 Å². The largest absolute Gasteiger partial charge is 0.347 e. The minimum atomic E-state index is 0.292. The van der Waals surface area contributed by atoms with Gasteiger partial charge in [-0.2, -0.15) is 0 Å². The number of thioether (sulfide) groups is 1. The predicted octanol–water partition coefficient (Wildman–Crippen LogP) is 3.37. The molecule has 3 nitrogen and oxygen atoms in total. The number of imidazole rings is 1. The average molecular weight is 261 g/mol. The smallest absolute Gasteiger partial charge is 0.123 e. The maximum Gasteiger partial charge on any atom is 0.123 e. The van der Waals surface area contributed by atoms with Crippen LogP contribution in [0.1, 0.15) is 30.8 Å². The Morgan fingerprint density at radius 2 is 2.11 bits per heavy atom. The number of H-pyrrole nitrogens is 1. The molecule has 2 rings (SSSR count). The lowest BCUT2D eigenvalue weighted by Gasteiger charge is -2.14. The monoisotopic (exact) mass is 261 g/mol. The van der Waals surface area contributed by atoms with Gasteiger partial charge in [-0.05, 0) is 30.4 Å². The van der Waals surface area contributed by atoms with Gasteiger partial charge in [0.15, 0.2) is 0 Å². The van der Waals surface area contributed by atoms with Gasteiger partial charge in [0, 0.05) is 23.8 Å². The van der Waals surface area contributed by atoms with E-state index in [0.29, 0.717) is 6.04 Å². The number of aromatic amines is 1. The first-order chi connectivity index (χ1) is 8.83. The number of nitrogens with zero attached hydrogens (tertiary/aromatic N) is 1. The molecule has 0 amide bonds. The molecule has 2 N–H and O–H groups in total. The van der Waals surface area contributed by atoms with Crippen LogP contribution in [-0.4, -0.2) is 16.2 Å². The summed E-state index contributed by atoms with van der Waals surface area (Å²) in [5.41, 5.74) is 1.30. The number of nitrogens with one attached hydrogen (secondary N) is 2. The number of aromatic nitrogens is 2. The molecule has 1 unspecified atom stereocenters. The molecule has 96 valence electrons. The van der Waals surface area contributed by atoms with Crippen molar-refractivity contribution in [3.8, 4) is 0 Å². The van der Waals surface area contributed by atoms with Crippen molar-refractivity contribution < 1.29 is 0 Å². The molecule has 0 radical (unpaired) electrons. The van der Waals surface area contributed by atoms with Gasteiger partial charge < -0.3 is 10.3 Å². The first-order valence-electron chi connectivity index (χ1n) is 6.19. The van der Waals surface area contributed by atoms with Crippen molar-refractivity contribution >= 4 is 11.8 Å². The van der Waals surface area contributed by atoms with Crippen LogP contribution in [0, 0.1) is 0 Å². The molecule has 0 spiro atoms. The Morgan fingerprint density at radius 3 is 2.67 bits per heavy atom. The molecule has 0 fully saturated rings. The number of hydrogen-bond acceptors (Lipinski definition) is 3. The maximum atomic E-state index is 4.31. The third kappa shape index (κ3) is 3.37. The highest BCUT2D eigenvalue weighted by atomic mass is 32.2. The molecule has 4 heteroatoms. The summed E-state index contributed by atoms with van der Waals surface area (Å²) in [6.07, 6.45) is 6.79. The van der Waals surface area contributed by atoms with Gasteiger partial charge in [-0.1, -0.05) is 19.1 Å². The second kappa shape index (κ2) is 6.61. The molecule has 0 saturated carbocycles. The van der Waals surface area contributed by atoms with Crippen LogP contribution in [0.25, 0.3) is 0 Å². The lowest BCUT2D eigenvalue weighted by Crippen LogP contribution is -2.21. The van der Waals surface area contributed by atoms with Crippen LogP contribution in [0.4, 0.5) is 0 Å². The third-order valence-corrected chi connectivity index (χ3v) is 3.71. The molecule has 1 aromatic heterocycles. The van der Waals surface area contributed by atoms with Crippen molar-refractivity contribution in [3.63, 3.8) is 0 Å². The summed E-state index contributed by atoms with van der Waals surface area (Å²) in [5, 5.41) is 3.53. The topological polar surface area (TPSA) is 40.7 Å². The lowest BCUT2D eigenvalue weighted by atomic mass is 10.1. The molecule has 0 aliphatic carbocycles. The SMILES string of the molecule is CCC(NCc1ccc(SC)cc1)c1ncc[nH]1. The normalized spacial score (nSPS) is 12.6. The second-order valence-corrected chi connectivity index (χ2v) is 5.04. The van der Waals surface area contributed by atoms with Gasteiger partial charge in [0.2, 0.25) is 0 Å². The zero-order chi connectivity index (χ0) is 12.8. The zero-order valence-corrected chi connectivity index (χ0v) is 11.6. The minimum absolute atomic E-state index is 0.292. The van der Waals surface area contributed by atoms with Crippen molar-refractivity contribution in [1.82, 2.24) is 15.3 Å². The second-order valence-electron chi connectivity index (χ2n) is 4.16. The Morgan fingerprint density at radius 1 is 1.33 bits per heavy atom. The van der Waals surface area contributed by atoms with Crippen LogP contribution in [0.3, 0.4) is 0 Å². The highest BCUT2D eigenvalue weighted by Gasteiger charge is 2.10. The fraction of sp³-hybridized carbons (Fsp3) is 0.357. The zero-order valence-electron chi connectivity index (χ0n) is 10.8. The van der Waals surface area contributed by atoms with E-state index in [2.05, 4.69) is 52.7 Å². The van der Waals surface area contributed by atoms with E-state index in [0.717, 1.165) is 18.8 Å². The predicted molar refractivity (Wildman–Crippen MR) is 76.7 cm³/mol. The molecule has 1 heterocycles. The number of hydrogen-bond donors (Lipinski definition) is 2. The van der Waals surface area contributed by atoms with Crippen LogP contribution in [0.5, 0.6) is 0 Å². The van der Waals surface area contributed by atoms with E-state index in [9.17, 15) is 0 Å². The Bertz CT molecular complexity index is 450. The van der Waals surface area contributed by atoms with Gasteiger partial charge in [0.05, 0.1) is 6.04 Å². The molecule has 18 heavy (non-hydrogen) atoms. The molecule has 0 bridgehead atoms. The van der Waals surface area contributed by atoms with Gasteiger partial charge in [0.1, 0.15) is 5.82 Å². The summed E-state index contributed by atoms with van der Waals surface area (Å²) in [4.78, 5) is 8.77. The Labute approximate surface area is 112 Å². The van der Waals surface area contributed by atoms with E-state index in [4.69, 9.17) is 0 Å². The molecule has 1 aromatic carbocycles. The quantitative estimate of drug-likeness (QED) is 0.783. The standard InChI is InChI=1S/C14H19N3S/c1-3-13(14-15-8-9-16-14)17-10-11-4-6-12(18-2)7-5-11/h4-9,13,17H,3,10H2,1-2H3,(H,15,16). The fourth-order valence-corrected chi connectivity index (χ4v) is 2.30. The van der Waals surface area contributed by atoms with E-state index in [-0.39, 0.29) is 0 Å². The third-order valence-electron chi connectivity index (χ3n) is 2.97. The Kier molecular flexibility index (Phi) is 4.84. The summed E-state index contributed by atoms with van der Waals surface area (Å²) in [6, 6.07) is 8.96. The van der Waals surface area contributed by atoms with E-state index in [1.165, 1.54) is 10.5 Å². The van der Waals surface area contributed by atoms with Crippen molar-refractivity contribution in [3.05, 3.63) is 48.0 Å². The van der Waals surface area contributed by atoms with Crippen LogP contribution in [-0.2, 0) is 6.54 Å². The Balaban J connectivity index is 1.93. The molecule has 0 aliphatic heterocycles. The van der Waals surface area contributed by atoms with Crippen LogP contribution in [0.2, 0.25) is 0 Å². The molecule has 0 saturated heterocycles. The maximum absolute atomic E-state index is 4.31. The van der Waals surface area contributed by atoms with Crippen molar-refractivity contribution in [2.75, 3.05) is 6.26 Å². The van der Waals surface area contributed by atoms with Gasteiger partial charge >= 0.3 is 0 Å². The molecule has 0 aliphatic rings. The first kappa shape index (κ1) is 13.2. The van der Waals surface area contributed by atoms with Gasteiger partial charge in [-0.15, -0.1) is 11.8 Å². The van der Waals surface area contributed by atoms with Gasteiger partial charge in [0.25, 0.3) is 0 Å². The van der Waals surface area contributed by atoms with E-state index in [1.807, 2.05) is 6.20 Å². The van der Waals surface area contributed by atoms with E-state index >= 15 is 0 Å². The first-order valence-corrected chi connectivity index (χ1v) is 7.41. The van der Waals surface area contributed by atoms with Gasteiger partial charge in [-0.3, -0.25) is 0 Å². The highest BCUT2D eigenvalue weighted by molar-refractivity contribution is 7.98. The number of rotatable bonds is 6. The molecule has 2 aromatic rings. The number of benzene rings is 1. The Hall–Kier alpha value is -1.26. The minimum Gasteiger partial charge on any atom is -0.347 e. The summed E-state index contributed by atoms with van der Waals surface area (Å²) in [7, 11) is 0. The summed E-state index contributed by atoms with van der Waals surface area (Å²) < 4.78 is 0. The van der Waals surface area contributed by atoms with E-state index in [1.54, 1.807) is 18.0 Å². The highest BCUT2D eigenvalue weighted by Crippen LogP contribution is 2.16. The van der Waals surface area contributed by atoms with Crippen LogP contribution < -0.4 is 5.32 Å². The van der Waals surface area contributed by atoms with Crippen molar-refractivity contribution in [1.29, 1.82) is 0 Å². The summed E-state index contributed by atoms with van der Waals surface area (Å²) in [5.74, 6) is 1.01. The van der Waals surface area contributed by atoms with E-state index < -0.39 is 0 Å². The van der Waals surface area contributed by atoms with Crippen molar-refractivity contribution in [2.45, 2.75) is 30.8 Å². The van der Waals surface area contributed by atoms with Crippen molar-refractivity contribution in [2.24, 2.45) is 0 Å². The van der Waals surface area contributed by atoms with Gasteiger partial charge in [-0.25, -0.2) is 4.98 Å². The molecular weight excluding hydrogens is 242 g/mol. The summed E-state index contributed by atoms with van der Waals surface area (Å²) in [6.45, 7) is 3.03. The van der Waals surface area contributed by atoms with Crippen LogP contribution >= 0.6 is 11.8 Å². The molecular formula is C14H19N3S. The average Bonchev–Trinajstić information content (AvgIpc) is 2.94.